The predicted octanol–water partition coefficient (Wildman–Crippen LogP) is 3.14. The fourth-order valence-corrected chi connectivity index (χ4v) is 3.07. The zero-order valence-electron chi connectivity index (χ0n) is 15.8. The average Bonchev–Trinajstić information content (AvgIpc) is 2.69. The van der Waals surface area contributed by atoms with E-state index in [0.717, 1.165) is 0 Å². The van der Waals surface area contributed by atoms with Crippen molar-refractivity contribution in [2.45, 2.75) is 32.2 Å². The van der Waals surface area contributed by atoms with Crippen LogP contribution in [0.15, 0.2) is 48.5 Å². The van der Waals surface area contributed by atoms with Crippen LogP contribution in [0.25, 0.3) is 0 Å². The van der Waals surface area contributed by atoms with Gasteiger partial charge < -0.3 is 14.8 Å². The zero-order chi connectivity index (χ0) is 20.1. The molecule has 0 aromatic heterocycles. The maximum atomic E-state index is 12.7. The molecule has 3 rings (SSSR count). The molecule has 1 N–H and O–H groups in total. The molecule has 1 heterocycles. The Bertz CT molecular complexity index is 879. The molecule has 1 atom stereocenters. The van der Waals surface area contributed by atoms with Crippen LogP contribution in [0, 0.1) is 0 Å². The van der Waals surface area contributed by atoms with Crippen molar-refractivity contribution in [3.8, 4) is 11.5 Å². The van der Waals surface area contributed by atoms with E-state index in [9.17, 15) is 14.4 Å². The number of methoxy groups -OCH3 is 1. The van der Waals surface area contributed by atoms with E-state index in [0.29, 0.717) is 29.3 Å². The number of carbonyl (C=O) groups excluding carboxylic acids is 3. The quantitative estimate of drug-likeness (QED) is 0.613. The van der Waals surface area contributed by atoms with Crippen molar-refractivity contribution in [2.24, 2.45) is 0 Å². The van der Waals surface area contributed by atoms with Crippen LogP contribution in [0.2, 0.25) is 0 Å². The molecule has 0 radical (unpaired) electrons. The van der Waals surface area contributed by atoms with Gasteiger partial charge in [0.15, 0.2) is 5.75 Å². The number of ether oxygens (including phenoxy) is 2. The summed E-state index contributed by atoms with van der Waals surface area (Å²) < 4.78 is 10.4. The molecule has 146 valence electrons. The SMILES string of the molecule is CCCC(=O)N1c2ccccc2OC(=O)[C@H]1CC(=O)Nc1ccc(OC)cc1. The third-order valence-corrected chi connectivity index (χ3v) is 4.40. The maximum absolute atomic E-state index is 12.7. The third-order valence-electron chi connectivity index (χ3n) is 4.40. The highest BCUT2D eigenvalue weighted by Crippen LogP contribution is 2.35. The number of nitrogens with zero attached hydrogens (tertiary/aromatic N) is 1. The number of rotatable bonds is 6. The first-order valence-corrected chi connectivity index (χ1v) is 9.10. The fraction of sp³-hybridized carbons (Fsp3) is 0.286. The molecule has 0 fully saturated rings. The van der Waals surface area contributed by atoms with Crippen molar-refractivity contribution in [1.29, 1.82) is 0 Å². The van der Waals surface area contributed by atoms with E-state index >= 15 is 0 Å². The van der Waals surface area contributed by atoms with Crippen molar-refractivity contribution in [3.63, 3.8) is 0 Å². The van der Waals surface area contributed by atoms with E-state index in [1.807, 2.05) is 6.92 Å². The Kier molecular flexibility index (Phi) is 5.93. The monoisotopic (exact) mass is 382 g/mol. The topological polar surface area (TPSA) is 84.9 Å². The van der Waals surface area contributed by atoms with Crippen molar-refractivity contribution < 1.29 is 23.9 Å². The Morgan fingerprint density at radius 1 is 1.14 bits per heavy atom. The Morgan fingerprint density at radius 2 is 1.86 bits per heavy atom. The Hall–Kier alpha value is -3.35. The maximum Gasteiger partial charge on any atom is 0.335 e. The number of amides is 2. The lowest BCUT2D eigenvalue weighted by atomic mass is 10.1. The lowest BCUT2D eigenvalue weighted by Gasteiger charge is -2.35. The fourth-order valence-electron chi connectivity index (χ4n) is 3.07. The van der Waals surface area contributed by atoms with E-state index in [1.165, 1.54) is 4.90 Å². The molecular weight excluding hydrogens is 360 g/mol. The van der Waals surface area contributed by atoms with Crippen LogP contribution >= 0.6 is 0 Å². The van der Waals surface area contributed by atoms with Crippen molar-refractivity contribution >= 4 is 29.2 Å². The van der Waals surface area contributed by atoms with E-state index in [4.69, 9.17) is 9.47 Å². The van der Waals surface area contributed by atoms with E-state index < -0.39 is 12.0 Å². The van der Waals surface area contributed by atoms with Crippen molar-refractivity contribution in [3.05, 3.63) is 48.5 Å². The number of hydrogen-bond donors (Lipinski definition) is 1. The lowest BCUT2D eigenvalue weighted by molar-refractivity contribution is -0.140. The normalized spacial score (nSPS) is 15.4. The molecule has 0 saturated carbocycles. The van der Waals surface area contributed by atoms with Crippen LogP contribution in [0.4, 0.5) is 11.4 Å². The number of benzene rings is 2. The molecule has 2 amide bonds. The summed E-state index contributed by atoms with van der Waals surface area (Å²) in [4.78, 5) is 39.2. The van der Waals surface area contributed by atoms with Gasteiger partial charge in [0.2, 0.25) is 11.8 Å². The number of anilines is 2. The first kappa shape index (κ1) is 19.4. The van der Waals surface area contributed by atoms with E-state index in [-0.39, 0.29) is 24.7 Å². The molecule has 7 heteroatoms. The Balaban J connectivity index is 1.80. The summed E-state index contributed by atoms with van der Waals surface area (Å²) in [5.74, 6) is -0.228. The van der Waals surface area contributed by atoms with Crippen LogP contribution in [0.5, 0.6) is 11.5 Å². The van der Waals surface area contributed by atoms with Gasteiger partial charge in [-0.1, -0.05) is 19.1 Å². The number of fused-ring (bicyclic) bond motifs is 1. The van der Waals surface area contributed by atoms with Gasteiger partial charge in [0.1, 0.15) is 11.8 Å². The van der Waals surface area contributed by atoms with Gasteiger partial charge in [0.05, 0.1) is 19.2 Å². The number of esters is 1. The van der Waals surface area contributed by atoms with Crippen molar-refractivity contribution in [2.75, 3.05) is 17.3 Å². The summed E-state index contributed by atoms with van der Waals surface area (Å²) in [7, 11) is 1.56. The van der Waals surface area contributed by atoms with Gasteiger partial charge in [-0.3, -0.25) is 14.5 Å². The summed E-state index contributed by atoms with van der Waals surface area (Å²) in [5.41, 5.74) is 1.07. The molecule has 0 unspecified atom stereocenters. The van der Waals surface area contributed by atoms with Crippen LogP contribution in [0.3, 0.4) is 0 Å². The van der Waals surface area contributed by atoms with Gasteiger partial charge >= 0.3 is 5.97 Å². The van der Waals surface area contributed by atoms with E-state index in [2.05, 4.69) is 5.32 Å². The summed E-state index contributed by atoms with van der Waals surface area (Å²) in [6, 6.07) is 12.7. The largest absolute Gasteiger partial charge is 0.497 e. The molecule has 1 aliphatic rings. The highest BCUT2D eigenvalue weighted by Gasteiger charge is 2.39. The summed E-state index contributed by atoms with van der Waals surface area (Å²) in [6.45, 7) is 1.89. The van der Waals surface area contributed by atoms with Crippen LogP contribution < -0.4 is 19.7 Å². The second kappa shape index (κ2) is 8.56. The number of para-hydroxylation sites is 2. The second-order valence-corrected chi connectivity index (χ2v) is 6.40. The van der Waals surface area contributed by atoms with Gasteiger partial charge in [0.25, 0.3) is 0 Å². The average molecular weight is 382 g/mol. The standard InChI is InChI=1S/C21H22N2O5/c1-3-6-20(25)23-16-7-4-5-8-18(16)28-21(26)17(23)13-19(24)22-14-9-11-15(27-2)12-10-14/h4-5,7-12,17H,3,6,13H2,1-2H3,(H,22,24)/t17-/m1/s1. The number of hydrogen-bond acceptors (Lipinski definition) is 5. The minimum absolute atomic E-state index is 0.200. The molecule has 2 aromatic carbocycles. The van der Waals surface area contributed by atoms with Gasteiger partial charge in [-0.05, 0) is 42.8 Å². The molecule has 1 aliphatic heterocycles. The number of nitrogens with one attached hydrogen (secondary N) is 1. The summed E-state index contributed by atoms with van der Waals surface area (Å²) >= 11 is 0. The third kappa shape index (κ3) is 4.14. The molecule has 0 aliphatic carbocycles. The summed E-state index contributed by atoms with van der Waals surface area (Å²) in [6.07, 6.45) is 0.712. The van der Waals surface area contributed by atoms with Gasteiger partial charge in [0, 0.05) is 12.1 Å². The Morgan fingerprint density at radius 3 is 2.54 bits per heavy atom. The van der Waals surface area contributed by atoms with Crippen LogP contribution in [-0.2, 0) is 14.4 Å². The highest BCUT2D eigenvalue weighted by atomic mass is 16.5. The van der Waals surface area contributed by atoms with Gasteiger partial charge in [-0.2, -0.15) is 0 Å². The van der Waals surface area contributed by atoms with Crippen LogP contribution in [0.1, 0.15) is 26.2 Å². The Labute approximate surface area is 163 Å². The molecule has 0 bridgehead atoms. The smallest absolute Gasteiger partial charge is 0.335 e. The first-order chi connectivity index (χ1) is 13.5. The molecular formula is C21H22N2O5. The zero-order valence-corrected chi connectivity index (χ0v) is 15.8. The van der Waals surface area contributed by atoms with Gasteiger partial charge in [-0.15, -0.1) is 0 Å². The van der Waals surface area contributed by atoms with E-state index in [1.54, 1.807) is 55.6 Å². The highest BCUT2D eigenvalue weighted by molar-refractivity contribution is 6.06. The molecule has 2 aromatic rings. The minimum atomic E-state index is -1.01. The number of carbonyl (C=O) groups is 3. The second-order valence-electron chi connectivity index (χ2n) is 6.40. The molecule has 0 spiro atoms. The molecule has 7 nitrogen and oxygen atoms in total. The van der Waals surface area contributed by atoms with Crippen LogP contribution in [-0.4, -0.2) is 30.9 Å². The minimum Gasteiger partial charge on any atom is -0.497 e. The van der Waals surface area contributed by atoms with Gasteiger partial charge in [-0.25, -0.2) is 4.79 Å². The first-order valence-electron chi connectivity index (χ1n) is 9.10. The molecule has 0 saturated heterocycles. The summed E-state index contributed by atoms with van der Waals surface area (Å²) in [5, 5.41) is 2.74. The lowest BCUT2D eigenvalue weighted by Crippen LogP contribution is -2.51. The van der Waals surface area contributed by atoms with Crippen molar-refractivity contribution in [1.82, 2.24) is 0 Å². The predicted molar refractivity (Wildman–Crippen MR) is 104 cm³/mol. The molecule has 28 heavy (non-hydrogen) atoms.